The van der Waals surface area contributed by atoms with E-state index in [2.05, 4.69) is 6.92 Å². The Hall–Kier alpha value is -2.36. The van der Waals surface area contributed by atoms with Crippen molar-refractivity contribution in [2.75, 3.05) is 19.5 Å². The first kappa shape index (κ1) is 15.0. The van der Waals surface area contributed by atoms with Crippen molar-refractivity contribution in [2.45, 2.75) is 20.0 Å². The molecule has 2 aromatic carbocycles. The number of hydrogen-bond donors (Lipinski definition) is 1. The molecule has 0 aromatic heterocycles. The summed E-state index contributed by atoms with van der Waals surface area (Å²) in [5.74, 6) is 2.38. The fourth-order valence-electron chi connectivity index (χ4n) is 1.91. The van der Waals surface area contributed by atoms with Crippen LogP contribution in [0.4, 0.5) is 5.69 Å². The van der Waals surface area contributed by atoms with Gasteiger partial charge in [-0.1, -0.05) is 6.92 Å². The summed E-state index contributed by atoms with van der Waals surface area (Å²) in [6, 6.07) is 13.2. The van der Waals surface area contributed by atoms with Gasteiger partial charge in [0.1, 0.15) is 23.9 Å². The minimum absolute atomic E-state index is 0.441. The lowest BCUT2D eigenvalue weighted by Crippen LogP contribution is -1.98. The van der Waals surface area contributed by atoms with Crippen LogP contribution >= 0.6 is 0 Å². The number of rotatable bonds is 7. The molecule has 2 N–H and O–H groups in total. The zero-order chi connectivity index (χ0) is 15.1. The van der Waals surface area contributed by atoms with Gasteiger partial charge in [0.2, 0.25) is 0 Å². The molecular formula is C17H21NO3. The van der Waals surface area contributed by atoms with E-state index in [1.165, 1.54) is 0 Å². The van der Waals surface area contributed by atoms with Crippen LogP contribution in [0.15, 0.2) is 42.5 Å². The summed E-state index contributed by atoms with van der Waals surface area (Å²) in [4.78, 5) is 0. The predicted molar refractivity (Wildman–Crippen MR) is 84.0 cm³/mol. The van der Waals surface area contributed by atoms with E-state index < -0.39 is 0 Å². The Morgan fingerprint density at radius 3 is 2.19 bits per heavy atom. The topological polar surface area (TPSA) is 53.7 Å². The van der Waals surface area contributed by atoms with Gasteiger partial charge in [-0.15, -0.1) is 0 Å². The van der Waals surface area contributed by atoms with Crippen LogP contribution in [0.2, 0.25) is 0 Å². The second-order valence-corrected chi connectivity index (χ2v) is 4.72. The van der Waals surface area contributed by atoms with Crippen molar-refractivity contribution in [3.8, 4) is 17.2 Å². The standard InChI is InChI=1S/C17H21NO3/c1-3-8-20-15-4-6-16(7-5-15)21-12-13-9-14(18)11-17(10-13)19-2/h4-7,9-11H,3,8,12,18H2,1-2H3. The van der Waals surface area contributed by atoms with Gasteiger partial charge in [0, 0.05) is 11.8 Å². The molecule has 0 unspecified atom stereocenters. The fraction of sp³-hybridized carbons (Fsp3) is 0.294. The van der Waals surface area contributed by atoms with Crippen LogP contribution in [-0.4, -0.2) is 13.7 Å². The molecule has 0 aliphatic rings. The molecule has 112 valence electrons. The van der Waals surface area contributed by atoms with Crippen LogP contribution < -0.4 is 19.9 Å². The van der Waals surface area contributed by atoms with E-state index in [0.29, 0.717) is 12.3 Å². The highest BCUT2D eigenvalue weighted by molar-refractivity contribution is 5.47. The predicted octanol–water partition coefficient (Wildman–Crippen LogP) is 3.65. The minimum Gasteiger partial charge on any atom is -0.497 e. The maximum Gasteiger partial charge on any atom is 0.121 e. The average Bonchev–Trinajstić information content (AvgIpc) is 2.51. The Bertz CT molecular complexity index is 567. The molecule has 0 spiro atoms. The summed E-state index contributed by atoms with van der Waals surface area (Å²) in [6.07, 6.45) is 0.996. The summed E-state index contributed by atoms with van der Waals surface area (Å²) < 4.78 is 16.5. The van der Waals surface area contributed by atoms with Crippen LogP contribution in [0.3, 0.4) is 0 Å². The van der Waals surface area contributed by atoms with Gasteiger partial charge >= 0.3 is 0 Å². The Labute approximate surface area is 125 Å². The largest absolute Gasteiger partial charge is 0.497 e. The van der Waals surface area contributed by atoms with Crippen molar-refractivity contribution >= 4 is 5.69 Å². The number of nitrogen functional groups attached to an aromatic ring is 1. The molecule has 0 saturated heterocycles. The molecule has 2 aromatic rings. The Kier molecular flexibility index (Phi) is 5.32. The number of methoxy groups -OCH3 is 1. The van der Waals surface area contributed by atoms with E-state index in [1.807, 2.05) is 36.4 Å². The molecule has 0 atom stereocenters. The fourth-order valence-corrected chi connectivity index (χ4v) is 1.91. The SMILES string of the molecule is CCCOc1ccc(OCc2cc(N)cc(OC)c2)cc1. The molecular weight excluding hydrogens is 266 g/mol. The van der Waals surface area contributed by atoms with Gasteiger partial charge in [-0.2, -0.15) is 0 Å². The average molecular weight is 287 g/mol. The van der Waals surface area contributed by atoms with E-state index >= 15 is 0 Å². The highest BCUT2D eigenvalue weighted by Gasteiger charge is 2.01. The van der Waals surface area contributed by atoms with Crippen LogP contribution in [0, 0.1) is 0 Å². The second-order valence-electron chi connectivity index (χ2n) is 4.72. The Morgan fingerprint density at radius 1 is 0.905 bits per heavy atom. The van der Waals surface area contributed by atoms with Gasteiger partial charge in [0.25, 0.3) is 0 Å². The van der Waals surface area contributed by atoms with E-state index in [0.717, 1.165) is 35.8 Å². The molecule has 0 bridgehead atoms. The van der Waals surface area contributed by atoms with E-state index in [1.54, 1.807) is 13.2 Å². The summed E-state index contributed by atoms with van der Waals surface area (Å²) >= 11 is 0. The zero-order valence-electron chi connectivity index (χ0n) is 12.5. The van der Waals surface area contributed by atoms with Crippen molar-refractivity contribution in [1.29, 1.82) is 0 Å². The Balaban J connectivity index is 1.95. The highest BCUT2D eigenvalue weighted by atomic mass is 16.5. The summed E-state index contributed by atoms with van der Waals surface area (Å²) in [6.45, 7) is 3.25. The first-order chi connectivity index (χ1) is 10.2. The van der Waals surface area contributed by atoms with Crippen LogP contribution in [0.1, 0.15) is 18.9 Å². The molecule has 0 fully saturated rings. The summed E-state index contributed by atoms with van der Waals surface area (Å²) in [5.41, 5.74) is 7.45. The zero-order valence-corrected chi connectivity index (χ0v) is 12.5. The maximum absolute atomic E-state index is 5.82. The van der Waals surface area contributed by atoms with E-state index in [-0.39, 0.29) is 0 Å². The lowest BCUT2D eigenvalue weighted by atomic mass is 10.2. The molecule has 0 amide bonds. The molecule has 4 heteroatoms. The van der Waals surface area contributed by atoms with Crippen molar-refractivity contribution < 1.29 is 14.2 Å². The number of nitrogens with two attached hydrogens (primary N) is 1. The molecule has 0 aliphatic heterocycles. The molecule has 2 rings (SSSR count). The highest BCUT2D eigenvalue weighted by Crippen LogP contribution is 2.22. The van der Waals surface area contributed by atoms with Crippen molar-refractivity contribution in [3.05, 3.63) is 48.0 Å². The van der Waals surface area contributed by atoms with Crippen LogP contribution in [-0.2, 0) is 6.61 Å². The number of benzene rings is 2. The third-order valence-corrected chi connectivity index (χ3v) is 2.93. The first-order valence-electron chi connectivity index (χ1n) is 7.00. The summed E-state index contributed by atoms with van der Waals surface area (Å²) in [5, 5.41) is 0. The number of hydrogen-bond acceptors (Lipinski definition) is 4. The molecule has 21 heavy (non-hydrogen) atoms. The van der Waals surface area contributed by atoms with Crippen molar-refractivity contribution in [3.63, 3.8) is 0 Å². The molecule has 0 aliphatic carbocycles. The normalized spacial score (nSPS) is 10.2. The molecule has 0 heterocycles. The van der Waals surface area contributed by atoms with Gasteiger partial charge < -0.3 is 19.9 Å². The first-order valence-corrected chi connectivity index (χ1v) is 7.00. The molecule has 4 nitrogen and oxygen atoms in total. The minimum atomic E-state index is 0.441. The second kappa shape index (κ2) is 7.43. The van der Waals surface area contributed by atoms with Crippen molar-refractivity contribution in [2.24, 2.45) is 0 Å². The van der Waals surface area contributed by atoms with E-state index in [4.69, 9.17) is 19.9 Å². The lowest BCUT2D eigenvalue weighted by Gasteiger charge is -2.10. The molecule has 0 saturated carbocycles. The summed E-state index contributed by atoms with van der Waals surface area (Å²) in [7, 11) is 1.62. The lowest BCUT2D eigenvalue weighted by molar-refractivity contribution is 0.300. The van der Waals surface area contributed by atoms with Gasteiger partial charge in [0.15, 0.2) is 0 Å². The monoisotopic (exact) mass is 287 g/mol. The van der Waals surface area contributed by atoms with Gasteiger partial charge in [0.05, 0.1) is 13.7 Å². The maximum atomic E-state index is 5.82. The smallest absolute Gasteiger partial charge is 0.121 e. The third-order valence-electron chi connectivity index (χ3n) is 2.93. The number of ether oxygens (including phenoxy) is 3. The van der Waals surface area contributed by atoms with E-state index in [9.17, 15) is 0 Å². The quantitative estimate of drug-likeness (QED) is 0.790. The van der Waals surface area contributed by atoms with Crippen LogP contribution in [0.25, 0.3) is 0 Å². The van der Waals surface area contributed by atoms with Crippen LogP contribution in [0.5, 0.6) is 17.2 Å². The Morgan fingerprint density at radius 2 is 1.57 bits per heavy atom. The van der Waals surface area contributed by atoms with Crippen molar-refractivity contribution in [1.82, 2.24) is 0 Å². The van der Waals surface area contributed by atoms with Gasteiger partial charge in [-0.3, -0.25) is 0 Å². The molecule has 0 radical (unpaired) electrons. The van der Waals surface area contributed by atoms with Gasteiger partial charge in [-0.05, 0) is 48.4 Å². The van der Waals surface area contributed by atoms with Gasteiger partial charge in [-0.25, -0.2) is 0 Å². The number of anilines is 1. The third kappa shape index (κ3) is 4.60.